The maximum absolute atomic E-state index is 14.1. The van der Waals surface area contributed by atoms with Gasteiger partial charge in [0.2, 0.25) is 5.91 Å². The normalized spacial score (nSPS) is 16.7. The maximum atomic E-state index is 14.1. The molecule has 2 heterocycles. The second kappa shape index (κ2) is 8.79. The van der Waals surface area contributed by atoms with Gasteiger partial charge in [0, 0.05) is 31.5 Å². The van der Waals surface area contributed by atoms with Crippen LogP contribution in [0.5, 0.6) is 0 Å². The predicted octanol–water partition coefficient (Wildman–Crippen LogP) is 3.64. The average molecular weight is 436 g/mol. The van der Waals surface area contributed by atoms with Crippen LogP contribution >= 0.6 is 0 Å². The number of nitrogens with zero attached hydrogens (tertiary/aromatic N) is 3. The van der Waals surface area contributed by atoms with Crippen molar-refractivity contribution in [2.24, 2.45) is 0 Å². The summed E-state index contributed by atoms with van der Waals surface area (Å²) in [6.45, 7) is 0.460. The van der Waals surface area contributed by atoms with Crippen molar-refractivity contribution in [3.63, 3.8) is 0 Å². The average Bonchev–Trinajstić information content (AvgIpc) is 3.44. The number of aromatic amines is 1. The predicted molar refractivity (Wildman–Crippen MR) is 115 cm³/mol. The summed E-state index contributed by atoms with van der Waals surface area (Å²) in [6, 6.07) is 13.3. The Kier molecular flexibility index (Phi) is 5.91. The van der Waals surface area contributed by atoms with Crippen LogP contribution in [-0.4, -0.2) is 52.3 Å². The Morgan fingerprint density at radius 2 is 2.00 bits per heavy atom. The highest BCUT2D eigenvalue weighted by molar-refractivity contribution is 6.00. The first-order valence-electron chi connectivity index (χ1n) is 10.4. The molecule has 2 amide bonds. The van der Waals surface area contributed by atoms with Crippen LogP contribution in [0.25, 0.3) is 10.9 Å². The maximum Gasteiger partial charge on any atom is 0.270 e. The highest BCUT2D eigenvalue weighted by Gasteiger charge is 2.37. The highest BCUT2D eigenvalue weighted by Crippen LogP contribution is 2.24. The number of hydrogen-bond donors (Lipinski definition) is 1. The smallest absolute Gasteiger partial charge is 0.270 e. The molecule has 0 aliphatic carbocycles. The molecule has 0 bridgehead atoms. The van der Waals surface area contributed by atoms with Gasteiger partial charge < -0.3 is 14.8 Å². The summed E-state index contributed by atoms with van der Waals surface area (Å²) in [5.41, 5.74) is 1.08. The first kappa shape index (κ1) is 21.5. The van der Waals surface area contributed by atoms with E-state index < -0.39 is 29.6 Å². The van der Waals surface area contributed by atoms with E-state index in [-0.39, 0.29) is 28.9 Å². The topological polar surface area (TPSA) is 80.2 Å². The Morgan fingerprint density at radius 3 is 2.72 bits per heavy atom. The number of hydrogen-bond acceptors (Lipinski definition) is 3. The van der Waals surface area contributed by atoms with E-state index in [0.717, 1.165) is 24.1 Å². The van der Waals surface area contributed by atoms with E-state index in [2.05, 4.69) is 11.1 Å². The zero-order valence-corrected chi connectivity index (χ0v) is 17.5. The summed E-state index contributed by atoms with van der Waals surface area (Å²) in [4.78, 5) is 32.3. The van der Waals surface area contributed by atoms with Crippen molar-refractivity contribution in [1.29, 1.82) is 5.26 Å². The van der Waals surface area contributed by atoms with E-state index in [9.17, 15) is 23.6 Å². The molecule has 0 radical (unpaired) electrons. The Hall–Kier alpha value is -3.73. The number of benzene rings is 2. The molecule has 1 N–H and O–H groups in total. The van der Waals surface area contributed by atoms with Crippen LogP contribution in [0, 0.1) is 23.0 Å². The molecule has 2 unspecified atom stereocenters. The number of likely N-dealkylation sites (N-methyl/N-ethyl adjacent to an activating group) is 1. The molecule has 1 fully saturated rings. The quantitative estimate of drug-likeness (QED) is 0.663. The third kappa shape index (κ3) is 4.06. The molecule has 6 nitrogen and oxygen atoms in total. The number of rotatable bonds is 5. The molecule has 1 aliphatic heterocycles. The molecule has 2 atom stereocenters. The molecule has 1 saturated heterocycles. The van der Waals surface area contributed by atoms with Gasteiger partial charge in [-0.25, -0.2) is 8.78 Å². The summed E-state index contributed by atoms with van der Waals surface area (Å²) in [7, 11) is 1.51. The molecule has 164 valence electrons. The summed E-state index contributed by atoms with van der Waals surface area (Å²) in [6.07, 6.45) is 1.59. The largest absolute Gasteiger partial charge is 0.350 e. The Morgan fingerprint density at radius 1 is 1.25 bits per heavy atom. The number of carbonyl (C=O) groups is 2. The Bertz CT molecular complexity index is 1200. The number of likely N-dealkylation sites (tertiary alicyclic amines) is 1. The fraction of sp³-hybridized carbons (Fsp3) is 0.292. The first-order chi connectivity index (χ1) is 15.4. The van der Waals surface area contributed by atoms with Gasteiger partial charge in [-0.15, -0.1) is 0 Å². The molecule has 1 aromatic heterocycles. The van der Waals surface area contributed by atoms with E-state index in [1.807, 2.05) is 30.3 Å². The second-order valence-corrected chi connectivity index (χ2v) is 7.97. The van der Waals surface area contributed by atoms with Gasteiger partial charge in [-0.2, -0.15) is 5.26 Å². The van der Waals surface area contributed by atoms with Crippen LogP contribution in [0.3, 0.4) is 0 Å². The summed E-state index contributed by atoms with van der Waals surface area (Å²) in [5.74, 6) is -2.35. The zero-order chi connectivity index (χ0) is 22.8. The lowest BCUT2D eigenvalue weighted by molar-refractivity contribution is -0.135. The summed E-state index contributed by atoms with van der Waals surface area (Å²) < 4.78 is 27.7. The zero-order valence-electron chi connectivity index (χ0n) is 17.5. The number of carbonyl (C=O) groups excluding carboxylic acids is 2. The van der Waals surface area contributed by atoms with Crippen molar-refractivity contribution in [2.75, 3.05) is 13.6 Å². The molecule has 1 aliphatic rings. The summed E-state index contributed by atoms with van der Waals surface area (Å²) in [5, 5.41) is 9.51. The number of aromatic nitrogens is 1. The Labute approximate surface area is 184 Å². The van der Waals surface area contributed by atoms with Crippen molar-refractivity contribution in [3.05, 3.63) is 71.4 Å². The molecule has 4 rings (SSSR count). The van der Waals surface area contributed by atoms with E-state index >= 15 is 0 Å². The number of fused-ring (bicyclic) bond motifs is 1. The van der Waals surface area contributed by atoms with Crippen LogP contribution in [0.4, 0.5) is 8.78 Å². The van der Waals surface area contributed by atoms with Gasteiger partial charge in [0.1, 0.15) is 29.4 Å². The first-order valence-corrected chi connectivity index (χ1v) is 10.4. The number of H-pyrrole nitrogens is 1. The molecule has 2 aromatic carbocycles. The van der Waals surface area contributed by atoms with Crippen molar-refractivity contribution in [3.8, 4) is 6.07 Å². The van der Waals surface area contributed by atoms with E-state index in [0.29, 0.717) is 13.0 Å². The van der Waals surface area contributed by atoms with Crippen LogP contribution in [0.1, 0.15) is 28.9 Å². The molecular formula is C24H22F2N4O2. The van der Waals surface area contributed by atoms with Gasteiger partial charge in [-0.3, -0.25) is 9.59 Å². The highest BCUT2D eigenvalue weighted by atomic mass is 19.1. The lowest BCUT2D eigenvalue weighted by Crippen LogP contribution is -2.51. The monoisotopic (exact) mass is 436 g/mol. The lowest BCUT2D eigenvalue weighted by atomic mass is 10.0. The molecule has 0 saturated carbocycles. The fourth-order valence-electron chi connectivity index (χ4n) is 4.19. The number of halogens is 2. The summed E-state index contributed by atoms with van der Waals surface area (Å²) >= 11 is 0. The van der Waals surface area contributed by atoms with Crippen LogP contribution in [0.2, 0.25) is 0 Å². The lowest BCUT2D eigenvalue weighted by Gasteiger charge is -2.32. The minimum absolute atomic E-state index is 0.0520. The van der Waals surface area contributed by atoms with Gasteiger partial charge in [0.15, 0.2) is 0 Å². The minimum Gasteiger partial charge on any atom is -0.350 e. The van der Waals surface area contributed by atoms with Crippen molar-refractivity contribution < 1.29 is 18.4 Å². The van der Waals surface area contributed by atoms with Gasteiger partial charge in [0.25, 0.3) is 5.91 Å². The third-order valence-corrected chi connectivity index (χ3v) is 5.91. The van der Waals surface area contributed by atoms with E-state index in [4.69, 9.17) is 0 Å². The van der Waals surface area contributed by atoms with Crippen molar-refractivity contribution in [1.82, 2.24) is 14.8 Å². The van der Waals surface area contributed by atoms with Crippen molar-refractivity contribution in [2.45, 2.75) is 31.3 Å². The molecule has 32 heavy (non-hydrogen) atoms. The SMILES string of the molecule is CN(C(=O)c1cc2c(F)cc(F)cc2[nH]1)C(Cc1ccccc1)C(=O)N1CCCC1C#N. The third-order valence-electron chi connectivity index (χ3n) is 5.91. The number of nitriles is 1. The van der Waals surface area contributed by atoms with Crippen LogP contribution in [-0.2, 0) is 11.2 Å². The van der Waals surface area contributed by atoms with E-state index in [1.165, 1.54) is 22.9 Å². The number of amides is 2. The fourth-order valence-corrected chi connectivity index (χ4v) is 4.19. The second-order valence-electron chi connectivity index (χ2n) is 7.97. The molecule has 8 heteroatoms. The molecular weight excluding hydrogens is 414 g/mol. The number of nitrogens with one attached hydrogen (secondary N) is 1. The van der Waals surface area contributed by atoms with Gasteiger partial charge in [0.05, 0.1) is 11.6 Å². The van der Waals surface area contributed by atoms with Gasteiger partial charge in [-0.05, 0) is 30.5 Å². The molecule has 3 aromatic rings. The van der Waals surface area contributed by atoms with E-state index in [1.54, 1.807) is 0 Å². The van der Waals surface area contributed by atoms with Gasteiger partial charge >= 0.3 is 0 Å². The minimum atomic E-state index is -0.855. The molecule has 0 spiro atoms. The van der Waals surface area contributed by atoms with Gasteiger partial charge in [-0.1, -0.05) is 30.3 Å². The van der Waals surface area contributed by atoms with Crippen LogP contribution < -0.4 is 0 Å². The van der Waals surface area contributed by atoms with Crippen LogP contribution in [0.15, 0.2) is 48.5 Å². The Balaban J connectivity index is 1.66. The standard InChI is InChI=1S/C24H22F2N4O2/c1-29(23(31)21-13-18-19(26)11-16(25)12-20(18)28-21)22(10-15-6-3-2-4-7-15)24(32)30-9-5-8-17(30)14-27/h2-4,6-7,11-13,17,22,28H,5,8-10H2,1H3. The van der Waals surface area contributed by atoms with Crippen molar-refractivity contribution >= 4 is 22.7 Å².